The van der Waals surface area contributed by atoms with Crippen LogP contribution in [0.25, 0.3) is 0 Å². The largest absolute Gasteiger partial charge is 0.444 e. The van der Waals surface area contributed by atoms with Crippen molar-refractivity contribution in [3.63, 3.8) is 0 Å². The van der Waals surface area contributed by atoms with Crippen LogP contribution in [0.4, 0.5) is 13.6 Å². The lowest BCUT2D eigenvalue weighted by molar-refractivity contribution is -0.0651. The van der Waals surface area contributed by atoms with Crippen molar-refractivity contribution in [3.8, 4) is 0 Å². The predicted octanol–water partition coefficient (Wildman–Crippen LogP) is 4.50. The number of carbonyl (C=O) groups is 1. The molecule has 134 valence electrons. The van der Waals surface area contributed by atoms with Gasteiger partial charge in [0.2, 0.25) is 0 Å². The van der Waals surface area contributed by atoms with Gasteiger partial charge >= 0.3 is 6.09 Å². The Kier molecular flexibility index (Phi) is 5.48. The molecule has 24 heavy (non-hydrogen) atoms. The molecule has 1 aliphatic rings. The quantitative estimate of drug-likeness (QED) is 0.813. The lowest BCUT2D eigenvalue weighted by Gasteiger charge is -2.41. The first-order chi connectivity index (χ1) is 11.2. The van der Waals surface area contributed by atoms with E-state index in [1.165, 1.54) is 12.1 Å². The molecule has 1 aromatic rings. The number of halogens is 2. The van der Waals surface area contributed by atoms with E-state index in [9.17, 15) is 13.6 Å². The number of carbonyl (C=O) groups excluding carboxylic acids is 1. The zero-order valence-corrected chi connectivity index (χ0v) is 14.6. The number of benzene rings is 1. The van der Waals surface area contributed by atoms with E-state index in [0.717, 1.165) is 5.56 Å². The first-order valence-electron chi connectivity index (χ1n) is 8.08. The van der Waals surface area contributed by atoms with Gasteiger partial charge in [0, 0.05) is 25.8 Å². The second-order valence-corrected chi connectivity index (χ2v) is 7.09. The molecule has 0 unspecified atom stereocenters. The van der Waals surface area contributed by atoms with Crippen LogP contribution in [0.5, 0.6) is 0 Å². The van der Waals surface area contributed by atoms with Gasteiger partial charge in [-0.05, 0) is 39.2 Å². The van der Waals surface area contributed by atoms with Gasteiger partial charge in [0.1, 0.15) is 5.60 Å². The van der Waals surface area contributed by atoms with E-state index in [-0.39, 0.29) is 11.7 Å². The summed E-state index contributed by atoms with van der Waals surface area (Å²) in [7, 11) is 1.62. The molecule has 1 saturated heterocycles. The Bertz CT molecular complexity index is 559. The average Bonchev–Trinajstić information content (AvgIpc) is 2.53. The van der Waals surface area contributed by atoms with Crippen LogP contribution >= 0.6 is 0 Å². The zero-order chi connectivity index (χ0) is 18.0. The highest BCUT2D eigenvalue weighted by atomic mass is 19.3. The van der Waals surface area contributed by atoms with Crippen molar-refractivity contribution >= 4 is 6.09 Å². The minimum absolute atomic E-state index is 0.00352. The zero-order valence-electron chi connectivity index (χ0n) is 14.6. The van der Waals surface area contributed by atoms with Crippen LogP contribution < -0.4 is 0 Å². The van der Waals surface area contributed by atoms with Gasteiger partial charge in [-0.25, -0.2) is 13.6 Å². The number of hydrogen-bond acceptors (Lipinski definition) is 3. The van der Waals surface area contributed by atoms with Crippen LogP contribution in [-0.4, -0.2) is 36.8 Å². The van der Waals surface area contributed by atoms with Crippen LogP contribution in [0, 0.1) is 0 Å². The van der Waals surface area contributed by atoms with Gasteiger partial charge < -0.3 is 14.4 Å². The molecule has 1 amide bonds. The van der Waals surface area contributed by atoms with Gasteiger partial charge in [0.15, 0.2) is 0 Å². The Balaban J connectivity index is 2.07. The fourth-order valence-corrected chi connectivity index (χ4v) is 2.92. The number of methoxy groups -OCH3 is 1. The Morgan fingerprint density at radius 3 is 2.12 bits per heavy atom. The molecule has 0 aromatic heterocycles. The lowest BCUT2D eigenvalue weighted by atomic mass is 9.84. The number of ether oxygens (including phenoxy) is 2. The van der Waals surface area contributed by atoms with E-state index in [1.54, 1.807) is 24.1 Å². The minimum Gasteiger partial charge on any atom is -0.444 e. The Morgan fingerprint density at radius 2 is 1.71 bits per heavy atom. The van der Waals surface area contributed by atoms with E-state index < -0.39 is 17.6 Å². The van der Waals surface area contributed by atoms with Crippen molar-refractivity contribution in [2.45, 2.75) is 51.2 Å². The Morgan fingerprint density at radius 1 is 1.17 bits per heavy atom. The summed E-state index contributed by atoms with van der Waals surface area (Å²) >= 11 is 0. The second kappa shape index (κ2) is 7.05. The normalized spacial score (nSPS) is 17.9. The average molecular weight is 341 g/mol. The lowest BCUT2D eigenvalue weighted by Crippen LogP contribution is -2.47. The number of rotatable bonds is 3. The topological polar surface area (TPSA) is 38.8 Å². The van der Waals surface area contributed by atoms with E-state index in [4.69, 9.17) is 9.47 Å². The maximum Gasteiger partial charge on any atom is 0.410 e. The summed E-state index contributed by atoms with van der Waals surface area (Å²) in [5.41, 5.74) is -0.230. The summed E-state index contributed by atoms with van der Waals surface area (Å²) in [6, 6.07) is 6.24. The van der Waals surface area contributed by atoms with Crippen molar-refractivity contribution in [2.24, 2.45) is 0 Å². The Labute approximate surface area is 141 Å². The number of nitrogens with zero attached hydrogens (tertiary/aromatic N) is 1. The van der Waals surface area contributed by atoms with Crippen molar-refractivity contribution < 1.29 is 23.0 Å². The second-order valence-electron chi connectivity index (χ2n) is 7.09. The number of amides is 1. The molecular weight excluding hydrogens is 316 g/mol. The SMILES string of the molecule is COC1(c2ccc(C(F)F)cc2)CCN(C(=O)OC(C)(C)C)CC1. The summed E-state index contributed by atoms with van der Waals surface area (Å²) in [6.07, 6.45) is -1.63. The van der Waals surface area contributed by atoms with Crippen molar-refractivity contribution in [2.75, 3.05) is 20.2 Å². The van der Waals surface area contributed by atoms with Crippen LogP contribution in [0.3, 0.4) is 0 Å². The first kappa shape index (κ1) is 18.6. The van der Waals surface area contributed by atoms with Gasteiger partial charge in [-0.15, -0.1) is 0 Å². The molecule has 2 rings (SSSR count). The van der Waals surface area contributed by atoms with E-state index in [2.05, 4.69) is 0 Å². The summed E-state index contributed by atoms with van der Waals surface area (Å²) in [6.45, 7) is 6.50. The molecule has 1 aliphatic heterocycles. The molecule has 1 aromatic carbocycles. The van der Waals surface area contributed by atoms with E-state index in [1.807, 2.05) is 20.8 Å². The highest BCUT2D eigenvalue weighted by molar-refractivity contribution is 5.68. The summed E-state index contributed by atoms with van der Waals surface area (Å²) < 4.78 is 36.5. The summed E-state index contributed by atoms with van der Waals surface area (Å²) in [5, 5.41) is 0. The van der Waals surface area contributed by atoms with Crippen LogP contribution in [-0.2, 0) is 15.1 Å². The van der Waals surface area contributed by atoms with Gasteiger partial charge in [0.25, 0.3) is 6.43 Å². The summed E-state index contributed by atoms with van der Waals surface area (Å²) in [4.78, 5) is 13.8. The molecule has 0 atom stereocenters. The predicted molar refractivity (Wildman–Crippen MR) is 87.1 cm³/mol. The molecule has 0 saturated carbocycles. The summed E-state index contributed by atoms with van der Waals surface area (Å²) in [5.74, 6) is 0. The third-order valence-corrected chi connectivity index (χ3v) is 4.30. The highest BCUT2D eigenvalue weighted by Crippen LogP contribution is 2.37. The fourth-order valence-electron chi connectivity index (χ4n) is 2.92. The molecule has 1 fully saturated rings. The molecule has 1 heterocycles. The molecule has 4 nitrogen and oxygen atoms in total. The standard InChI is InChI=1S/C18H25F2NO3/c1-17(2,3)24-16(22)21-11-9-18(23-4,10-12-21)14-7-5-13(6-8-14)15(19)20/h5-8,15H,9-12H2,1-4H3. The van der Waals surface area contributed by atoms with Gasteiger partial charge in [0.05, 0.1) is 5.60 Å². The van der Waals surface area contributed by atoms with Crippen molar-refractivity contribution in [3.05, 3.63) is 35.4 Å². The van der Waals surface area contributed by atoms with Gasteiger partial charge in [-0.2, -0.15) is 0 Å². The molecule has 0 radical (unpaired) electrons. The third kappa shape index (κ3) is 4.23. The molecular formula is C18H25F2NO3. The maximum absolute atomic E-state index is 12.7. The van der Waals surface area contributed by atoms with E-state index >= 15 is 0 Å². The number of alkyl halides is 2. The first-order valence-corrected chi connectivity index (χ1v) is 8.08. The fraction of sp³-hybridized carbons (Fsp3) is 0.611. The highest BCUT2D eigenvalue weighted by Gasteiger charge is 2.38. The smallest absolute Gasteiger partial charge is 0.410 e. The van der Waals surface area contributed by atoms with E-state index in [0.29, 0.717) is 25.9 Å². The molecule has 0 bridgehead atoms. The Hall–Kier alpha value is -1.69. The van der Waals surface area contributed by atoms with Gasteiger partial charge in [-0.3, -0.25) is 0 Å². The molecule has 0 aliphatic carbocycles. The van der Waals surface area contributed by atoms with Crippen LogP contribution in [0.2, 0.25) is 0 Å². The number of hydrogen-bond donors (Lipinski definition) is 0. The monoisotopic (exact) mass is 341 g/mol. The third-order valence-electron chi connectivity index (χ3n) is 4.30. The minimum atomic E-state index is -2.48. The number of piperidine rings is 1. The maximum atomic E-state index is 12.7. The molecule has 0 N–H and O–H groups in total. The number of likely N-dealkylation sites (tertiary alicyclic amines) is 1. The van der Waals surface area contributed by atoms with Crippen LogP contribution in [0.15, 0.2) is 24.3 Å². The van der Waals surface area contributed by atoms with Crippen molar-refractivity contribution in [1.29, 1.82) is 0 Å². The molecule has 6 heteroatoms. The van der Waals surface area contributed by atoms with Crippen LogP contribution in [0.1, 0.15) is 51.2 Å². The van der Waals surface area contributed by atoms with Gasteiger partial charge in [-0.1, -0.05) is 24.3 Å². The van der Waals surface area contributed by atoms with Crippen molar-refractivity contribution in [1.82, 2.24) is 4.90 Å². The molecule has 0 spiro atoms.